The number of aryl methyl sites for hydroxylation is 1. The number of thiocarbonyl (C=S) groups is 1. The van der Waals surface area contributed by atoms with Crippen LogP contribution in [0, 0.1) is 6.92 Å². The molecule has 2 aromatic carbocycles. The van der Waals surface area contributed by atoms with Crippen LogP contribution in [0.5, 0.6) is 11.5 Å². The molecule has 1 heterocycles. The van der Waals surface area contributed by atoms with Gasteiger partial charge >= 0.3 is 10.1 Å². The van der Waals surface area contributed by atoms with Gasteiger partial charge in [0, 0.05) is 18.7 Å². The van der Waals surface area contributed by atoms with Crippen LogP contribution in [0.4, 0.5) is 0 Å². The van der Waals surface area contributed by atoms with Crippen LogP contribution in [0.1, 0.15) is 18.1 Å². The minimum atomic E-state index is -4.07. The van der Waals surface area contributed by atoms with Gasteiger partial charge in [0.05, 0.1) is 24.8 Å². The van der Waals surface area contributed by atoms with E-state index < -0.39 is 10.1 Å². The zero-order valence-electron chi connectivity index (χ0n) is 16.2. The van der Waals surface area contributed by atoms with Crippen molar-refractivity contribution in [2.75, 3.05) is 32.9 Å². The summed E-state index contributed by atoms with van der Waals surface area (Å²) in [6, 6.07) is 9.63. The number of halogens is 1. The van der Waals surface area contributed by atoms with Crippen molar-refractivity contribution in [1.29, 1.82) is 0 Å². The number of benzene rings is 2. The maximum absolute atomic E-state index is 12.7. The van der Waals surface area contributed by atoms with Gasteiger partial charge < -0.3 is 18.6 Å². The molecular weight excluding hydrogens is 434 g/mol. The molecule has 2 aromatic rings. The summed E-state index contributed by atoms with van der Waals surface area (Å²) in [5, 5.41) is 0.109. The largest absolute Gasteiger partial charge is 0.490 e. The van der Waals surface area contributed by atoms with Gasteiger partial charge in [0.1, 0.15) is 9.88 Å². The standard InChI is InChI=1S/C20H22ClNO5S2/c1-3-26-18-13-15(20(28)22-8-10-25-11-9-22)12-17(21)19(18)27-29(23,24)16-6-4-14(2)5-7-16/h4-7,12-13H,3,8-11H2,1-2H3. The van der Waals surface area contributed by atoms with E-state index in [0.717, 1.165) is 5.56 Å². The summed E-state index contributed by atoms with van der Waals surface area (Å²) in [6.07, 6.45) is 0. The third-order valence-corrected chi connectivity index (χ3v) is 6.37. The highest BCUT2D eigenvalue weighted by molar-refractivity contribution is 7.87. The average Bonchev–Trinajstić information content (AvgIpc) is 2.71. The van der Waals surface area contributed by atoms with Gasteiger partial charge in [-0.05, 0) is 38.1 Å². The minimum Gasteiger partial charge on any atom is -0.490 e. The molecule has 1 aliphatic rings. The molecule has 0 atom stereocenters. The second-order valence-corrected chi connectivity index (χ2v) is 8.81. The molecule has 0 radical (unpaired) electrons. The van der Waals surface area contributed by atoms with Crippen molar-refractivity contribution in [1.82, 2.24) is 4.90 Å². The van der Waals surface area contributed by atoms with Gasteiger partial charge in [0.25, 0.3) is 0 Å². The number of ether oxygens (including phenoxy) is 2. The van der Waals surface area contributed by atoms with E-state index in [2.05, 4.69) is 0 Å². The SMILES string of the molecule is CCOc1cc(C(=S)N2CCOCC2)cc(Cl)c1OS(=O)(=O)c1ccc(C)cc1. The maximum atomic E-state index is 12.7. The molecule has 29 heavy (non-hydrogen) atoms. The Bertz CT molecular complexity index is 987. The lowest BCUT2D eigenvalue weighted by molar-refractivity contribution is 0.0693. The van der Waals surface area contributed by atoms with E-state index in [1.807, 2.05) is 11.8 Å². The molecule has 3 rings (SSSR count). The first-order valence-corrected chi connectivity index (χ1v) is 11.4. The Morgan fingerprint density at radius 2 is 1.86 bits per heavy atom. The number of hydrogen-bond donors (Lipinski definition) is 0. The lowest BCUT2D eigenvalue weighted by atomic mass is 10.1. The van der Waals surface area contributed by atoms with E-state index >= 15 is 0 Å². The lowest BCUT2D eigenvalue weighted by Gasteiger charge is -2.29. The van der Waals surface area contributed by atoms with Gasteiger partial charge in [-0.25, -0.2) is 0 Å². The van der Waals surface area contributed by atoms with Crippen molar-refractivity contribution < 1.29 is 22.1 Å². The third-order valence-electron chi connectivity index (χ3n) is 4.36. The third kappa shape index (κ3) is 5.19. The molecule has 0 aliphatic carbocycles. The first kappa shape index (κ1) is 21.8. The summed E-state index contributed by atoms with van der Waals surface area (Å²) < 4.78 is 41.7. The zero-order chi connectivity index (χ0) is 21.0. The summed E-state index contributed by atoms with van der Waals surface area (Å²) in [7, 11) is -4.07. The first-order valence-electron chi connectivity index (χ1n) is 9.16. The molecule has 156 valence electrons. The monoisotopic (exact) mass is 455 g/mol. The van der Waals surface area contributed by atoms with Gasteiger partial charge in [0.2, 0.25) is 5.75 Å². The lowest BCUT2D eigenvalue weighted by Crippen LogP contribution is -2.40. The molecule has 9 heteroatoms. The Morgan fingerprint density at radius 3 is 2.48 bits per heavy atom. The molecule has 0 spiro atoms. The summed E-state index contributed by atoms with van der Waals surface area (Å²) in [4.78, 5) is 2.66. The number of rotatable bonds is 6. The van der Waals surface area contributed by atoms with Gasteiger partial charge in [0.15, 0.2) is 5.75 Å². The van der Waals surface area contributed by atoms with Gasteiger partial charge in [-0.15, -0.1) is 0 Å². The van der Waals surface area contributed by atoms with Crippen molar-refractivity contribution in [3.05, 3.63) is 52.5 Å². The Labute approximate surface area is 181 Å². The molecule has 0 saturated carbocycles. The van der Waals surface area contributed by atoms with Gasteiger partial charge in [-0.3, -0.25) is 0 Å². The quantitative estimate of drug-likeness (QED) is 0.484. The van der Waals surface area contributed by atoms with Crippen LogP contribution in [0.2, 0.25) is 5.02 Å². The summed E-state index contributed by atoms with van der Waals surface area (Å²) >= 11 is 12.0. The van der Waals surface area contributed by atoms with Crippen LogP contribution >= 0.6 is 23.8 Å². The highest BCUT2D eigenvalue weighted by Crippen LogP contribution is 2.39. The van der Waals surface area contributed by atoms with E-state index in [1.54, 1.807) is 31.2 Å². The molecular formula is C20H22ClNO5S2. The first-order chi connectivity index (χ1) is 13.8. The van der Waals surface area contributed by atoms with E-state index in [1.165, 1.54) is 12.1 Å². The fourth-order valence-corrected chi connectivity index (χ4v) is 4.40. The van der Waals surface area contributed by atoms with Crippen molar-refractivity contribution in [2.45, 2.75) is 18.7 Å². The van der Waals surface area contributed by atoms with Crippen molar-refractivity contribution in [3.8, 4) is 11.5 Å². The molecule has 1 fully saturated rings. The molecule has 0 amide bonds. The predicted molar refractivity (Wildman–Crippen MR) is 116 cm³/mol. The van der Waals surface area contributed by atoms with Crippen molar-refractivity contribution >= 4 is 38.9 Å². The maximum Gasteiger partial charge on any atom is 0.339 e. The smallest absolute Gasteiger partial charge is 0.339 e. The summed E-state index contributed by atoms with van der Waals surface area (Å²) in [5.74, 6) is 0.170. The Balaban J connectivity index is 1.94. The second-order valence-electron chi connectivity index (χ2n) is 6.47. The number of nitrogens with zero attached hydrogens (tertiary/aromatic N) is 1. The fraction of sp³-hybridized carbons (Fsp3) is 0.350. The predicted octanol–water partition coefficient (Wildman–Crippen LogP) is 3.82. The Morgan fingerprint density at radius 1 is 1.21 bits per heavy atom. The van der Waals surface area contributed by atoms with Crippen LogP contribution in [0.15, 0.2) is 41.3 Å². The summed E-state index contributed by atoms with van der Waals surface area (Å²) in [5.41, 5.74) is 1.60. The van der Waals surface area contributed by atoms with Crippen LogP contribution in [-0.2, 0) is 14.9 Å². The minimum absolute atomic E-state index is 0.0366. The molecule has 0 bridgehead atoms. The van der Waals surface area contributed by atoms with Crippen LogP contribution < -0.4 is 8.92 Å². The van der Waals surface area contributed by atoms with E-state index in [-0.39, 0.29) is 21.4 Å². The molecule has 6 nitrogen and oxygen atoms in total. The van der Waals surface area contributed by atoms with Gasteiger partial charge in [-0.2, -0.15) is 8.42 Å². The number of morpholine rings is 1. The highest BCUT2D eigenvalue weighted by atomic mass is 35.5. The highest BCUT2D eigenvalue weighted by Gasteiger charge is 2.24. The molecule has 1 aliphatic heterocycles. The Kier molecular flexibility index (Phi) is 7.00. The molecule has 0 N–H and O–H groups in total. The zero-order valence-corrected chi connectivity index (χ0v) is 18.6. The second kappa shape index (κ2) is 9.30. The van der Waals surface area contributed by atoms with Crippen LogP contribution in [0.3, 0.4) is 0 Å². The average molecular weight is 456 g/mol. The Hall–Kier alpha value is -1.87. The molecule has 1 saturated heterocycles. The van der Waals surface area contributed by atoms with E-state index in [0.29, 0.717) is 43.5 Å². The summed E-state index contributed by atoms with van der Waals surface area (Å²) in [6.45, 7) is 6.53. The van der Waals surface area contributed by atoms with E-state index in [4.69, 9.17) is 37.5 Å². The molecule has 0 aromatic heterocycles. The number of hydrogen-bond acceptors (Lipinski definition) is 6. The van der Waals surface area contributed by atoms with Crippen LogP contribution in [0.25, 0.3) is 0 Å². The molecule has 0 unspecified atom stereocenters. The van der Waals surface area contributed by atoms with Crippen molar-refractivity contribution in [3.63, 3.8) is 0 Å². The van der Waals surface area contributed by atoms with Crippen LogP contribution in [-0.4, -0.2) is 51.2 Å². The fourth-order valence-electron chi connectivity index (χ4n) is 2.85. The normalized spacial score (nSPS) is 14.5. The van der Waals surface area contributed by atoms with E-state index in [9.17, 15) is 8.42 Å². The topological polar surface area (TPSA) is 65.1 Å². The van der Waals surface area contributed by atoms with Crippen molar-refractivity contribution in [2.24, 2.45) is 0 Å². The van der Waals surface area contributed by atoms with Gasteiger partial charge in [-0.1, -0.05) is 41.5 Å².